The highest BCUT2D eigenvalue weighted by molar-refractivity contribution is 5.72. The van der Waals surface area contributed by atoms with Crippen LogP contribution in [0.3, 0.4) is 0 Å². The van der Waals surface area contributed by atoms with E-state index in [1.54, 1.807) is 12.5 Å². The third-order valence-corrected chi connectivity index (χ3v) is 2.30. The summed E-state index contributed by atoms with van der Waals surface area (Å²) in [5.41, 5.74) is 3.16. The largest absolute Gasteiger partial charge is 0.352 e. The zero-order valence-electron chi connectivity index (χ0n) is 9.03. The third-order valence-electron chi connectivity index (χ3n) is 2.30. The Hall–Kier alpha value is -2.10. The van der Waals surface area contributed by atoms with Crippen molar-refractivity contribution in [2.45, 2.75) is 13.5 Å². The molecule has 0 atom stereocenters. The van der Waals surface area contributed by atoms with Crippen LogP contribution in [0.25, 0.3) is 11.3 Å². The maximum atomic E-state index is 10.7. The van der Waals surface area contributed by atoms with Crippen LogP contribution in [0.4, 0.5) is 0 Å². The molecule has 16 heavy (non-hydrogen) atoms. The molecule has 2 rings (SSSR count). The Balaban J connectivity index is 2.08. The first-order valence-corrected chi connectivity index (χ1v) is 5.08. The lowest BCUT2D eigenvalue weighted by molar-refractivity contribution is -0.119. The van der Waals surface area contributed by atoms with Gasteiger partial charge in [0, 0.05) is 13.5 Å². The number of benzene rings is 1. The first-order chi connectivity index (χ1) is 7.75. The summed E-state index contributed by atoms with van der Waals surface area (Å²) >= 11 is 0. The summed E-state index contributed by atoms with van der Waals surface area (Å²) in [6.07, 6.45) is 3.43. The molecule has 0 aliphatic carbocycles. The smallest absolute Gasteiger partial charge is 0.217 e. The molecule has 4 heteroatoms. The second-order valence-corrected chi connectivity index (χ2v) is 3.57. The van der Waals surface area contributed by atoms with Crippen LogP contribution in [0.1, 0.15) is 12.5 Å². The predicted molar refractivity (Wildman–Crippen MR) is 61.5 cm³/mol. The van der Waals surface area contributed by atoms with Gasteiger partial charge in [-0.05, 0) is 11.1 Å². The number of carbonyl (C=O) groups excluding carboxylic acids is 1. The highest BCUT2D eigenvalue weighted by atomic mass is 16.1. The number of aromatic amines is 1. The van der Waals surface area contributed by atoms with Gasteiger partial charge >= 0.3 is 0 Å². The SMILES string of the molecule is CC(=O)NCc1ccc(-c2cnc[nH]2)cc1. The van der Waals surface area contributed by atoms with Crippen LogP contribution in [0, 0.1) is 0 Å². The Morgan fingerprint density at radius 3 is 2.69 bits per heavy atom. The lowest BCUT2D eigenvalue weighted by Crippen LogP contribution is -2.18. The Morgan fingerprint density at radius 1 is 1.38 bits per heavy atom. The van der Waals surface area contributed by atoms with E-state index in [0.717, 1.165) is 16.8 Å². The van der Waals surface area contributed by atoms with E-state index in [1.807, 2.05) is 24.3 Å². The molecular weight excluding hydrogens is 202 g/mol. The quantitative estimate of drug-likeness (QED) is 0.819. The van der Waals surface area contributed by atoms with E-state index in [2.05, 4.69) is 15.3 Å². The Morgan fingerprint density at radius 2 is 2.12 bits per heavy atom. The van der Waals surface area contributed by atoms with Crippen LogP contribution in [0.2, 0.25) is 0 Å². The number of nitrogens with zero attached hydrogens (tertiary/aromatic N) is 1. The average molecular weight is 215 g/mol. The van der Waals surface area contributed by atoms with E-state index in [-0.39, 0.29) is 5.91 Å². The fourth-order valence-electron chi connectivity index (χ4n) is 1.44. The molecule has 1 aromatic heterocycles. The number of amides is 1. The van der Waals surface area contributed by atoms with Crippen LogP contribution in [-0.2, 0) is 11.3 Å². The average Bonchev–Trinajstić information content (AvgIpc) is 2.80. The van der Waals surface area contributed by atoms with E-state index in [9.17, 15) is 4.79 Å². The second-order valence-electron chi connectivity index (χ2n) is 3.57. The van der Waals surface area contributed by atoms with E-state index < -0.39 is 0 Å². The summed E-state index contributed by atoms with van der Waals surface area (Å²) < 4.78 is 0. The molecule has 2 aromatic rings. The molecule has 0 unspecified atom stereocenters. The summed E-state index contributed by atoms with van der Waals surface area (Å²) in [4.78, 5) is 17.8. The van der Waals surface area contributed by atoms with Crippen molar-refractivity contribution in [2.24, 2.45) is 0 Å². The van der Waals surface area contributed by atoms with Gasteiger partial charge in [-0.2, -0.15) is 0 Å². The van der Waals surface area contributed by atoms with Gasteiger partial charge in [-0.25, -0.2) is 4.98 Å². The highest BCUT2D eigenvalue weighted by Crippen LogP contribution is 2.16. The summed E-state index contributed by atoms with van der Waals surface area (Å²) in [5.74, 6) is -0.0161. The van der Waals surface area contributed by atoms with Crippen molar-refractivity contribution in [3.8, 4) is 11.3 Å². The molecule has 0 spiro atoms. The first kappa shape index (κ1) is 10.4. The Labute approximate surface area is 93.7 Å². The van der Waals surface area contributed by atoms with Crippen molar-refractivity contribution in [1.82, 2.24) is 15.3 Å². The molecule has 1 amide bonds. The molecule has 1 aromatic carbocycles. The number of hydrogen-bond acceptors (Lipinski definition) is 2. The Kier molecular flexibility index (Phi) is 3.00. The number of nitrogens with one attached hydrogen (secondary N) is 2. The maximum absolute atomic E-state index is 10.7. The lowest BCUT2D eigenvalue weighted by atomic mass is 10.1. The minimum Gasteiger partial charge on any atom is -0.352 e. The van der Waals surface area contributed by atoms with Crippen molar-refractivity contribution in [1.29, 1.82) is 0 Å². The molecule has 0 saturated carbocycles. The third kappa shape index (κ3) is 2.48. The van der Waals surface area contributed by atoms with Gasteiger partial charge in [-0.3, -0.25) is 4.79 Å². The molecule has 4 nitrogen and oxygen atoms in total. The number of hydrogen-bond donors (Lipinski definition) is 2. The zero-order valence-corrected chi connectivity index (χ0v) is 9.03. The van der Waals surface area contributed by atoms with Crippen LogP contribution in [0.15, 0.2) is 36.8 Å². The summed E-state index contributed by atoms with van der Waals surface area (Å²) in [6.45, 7) is 2.08. The van der Waals surface area contributed by atoms with Crippen molar-refractivity contribution in [2.75, 3.05) is 0 Å². The molecule has 0 saturated heterocycles. The molecule has 2 N–H and O–H groups in total. The standard InChI is InChI=1S/C12H13N3O/c1-9(16)14-6-10-2-4-11(5-3-10)12-7-13-8-15-12/h2-5,7-8H,6H2,1H3,(H,13,15)(H,14,16). The molecule has 0 aliphatic heterocycles. The molecule has 0 radical (unpaired) electrons. The first-order valence-electron chi connectivity index (χ1n) is 5.08. The molecule has 0 aliphatic rings. The molecular formula is C12H13N3O. The maximum Gasteiger partial charge on any atom is 0.217 e. The van der Waals surface area contributed by atoms with Gasteiger partial charge in [0.2, 0.25) is 5.91 Å². The van der Waals surface area contributed by atoms with Crippen molar-refractivity contribution < 1.29 is 4.79 Å². The van der Waals surface area contributed by atoms with Crippen LogP contribution >= 0.6 is 0 Å². The fraction of sp³-hybridized carbons (Fsp3) is 0.167. The lowest BCUT2D eigenvalue weighted by Gasteiger charge is -2.03. The van der Waals surface area contributed by atoms with E-state index in [0.29, 0.717) is 6.54 Å². The minimum atomic E-state index is -0.0161. The van der Waals surface area contributed by atoms with Gasteiger partial charge in [-0.15, -0.1) is 0 Å². The van der Waals surface area contributed by atoms with E-state index >= 15 is 0 Å². The molecule has 0 bridgehead atoms. The number of H-pyrrole nitrogens is 1. The summed E-state index contributed by atoms with van der Waals surface area (Å²) in [7, 11) is 0. The van der Waals surface area contributed by atoms with Gasteiger partial charge in [0.1, 0.15) is 0 Å². The predicted octanol–water partition coefficient (Wildman–Crippen LogP) is 1.71. The van der Waals surface area contributed by atoms with Gasteiger partial charge < -0.3 is 10.3 Å². The minimum absolute atomic E-state index is 0.0161. The molecule has 1 heterocycles. The number of rotatable bonds is 3. The number of aromatic nitrogens is 2. The van der Waals surface area contributed by atoms with E-state index in [4.69, 9.17) is 0 Å². The van der Waals surface area contributed by atoms with Gasteiger partial charge in [-0.1, -0.05) is 24.3 Å². The zero-order chi connectivity index (χ0) is 11.4. The fourth-order valence-corrected chi connectivity index (χ4v) is 1.44. The topological polar surface area (TPSA) is 57.8 Å². The van der Waals surface area contributed by atoms with Crippen LogP contribution in [-0.4, -0.2) is 15.9 Å². The van der Waals surface area contributed by atoms with Crippen molar-refractivity contribution >= 4 is 5.91 Å². The van der Waals surface area contributed by atoms with Crippen LogP contribution in [0.5, 0.6) is 0 Å². The normalized spacial score (nSPS) is 10.1. The second kappa shape index (κ2) is 4.61. The summed E-state index contributed by atoms with van der Waals surface area (Å²) in [5, 5.41) is 2.76. The van der Waals surface area contributed by atoms with E-state index in [1.165, 1.54) is 6.92 Å². The summed E-state index contributed by atoms with van der Waals surface area (Å²) in [6, 6.07) is 7.99. The Bertz CT molecular complexity index is 460. The number of carbonyl (C=O) groups is 1. The van der Waals surface area contributed by atoms with Crippen LogP contribution < -0.4 is 5.32 Å². The monoisotopic (exact) mass is 215 g/mol. The number of imidazole rings is 1. The van der Waals surface area contributed by atoms with Crippen molar-refractivity contribution in [3.63, 3.8) is 0 Å². The molecule has 0 fully saturated rings. The highest BCUT2D eigenvalue weighted by Gasteiger charge is 1.99. The van der Waals surface area contributed by atoms with Gasteiger partial charge in [0.05, 0.1) is 18.2 Å². The van der Waals surface area contributed by atoms with Gasteiger partial charge in [0.15, 0.2) is 0 Å². The van der Waals surface area contributed by atoms with Gasteiger partial charge in [0.25, 0.3) is 0 Å². The molecule has 82 valence electrons. The van der Waals surface area contributed by atoms with Crippen molar-refractivity contribution in [3.05, 3.63) is 42.4 Å².